The molecule has 186 valence electrons. The van der Waals surface area contributed by atoms with Crippen LogP contribution in [0.5, 0.6) is 0 Å². The number of aliphatic hydroxyl groups excluding tert-OH is 6. The molecular weight excluding hydrogens is 440 g/mol. The Labute approximate surface area is 182 Å². The molecule has 11 atom stereocenters. The van der Waals surface area contributed by atoms with Crippen molar-refractivity contribution in [3.63, 3.8) is 0 Å². The van der Waals surface area contributed by atoms with Crippen molar-refractivity contribution < 1.29 is 64.3 Å². The number of hydrogen-bond donors (Lipinski definition) is 9. The van der Waals surface area contributed by atoms with E-state index in [4.69, 9.17) is 29.8 Å². The van der Waals surface area contributed by atoms with Gasteiger partial charge in [0.05, 0.1) is 19.8 Å². The smallest absolute Gasteiger partial charge is 0.322 e. The van der Waals surface area contributed by atoms with E-state index in [9.17, 15) is 40.2 Å². The molecule has 0 aromatic rings. The zero-order valence-electron chi connectivity index (χ0n) is 17.1. The number of carboxylic acids is 1. The number of amides is 1. The Bertz CT molecular complexity index is 638. The summed E-state index contributed by atoms with van der Waals surface area (Å²) in [6, 6.07) is -2.74. The molecule has 2 heterocycles. The minimum Gasteiger partial charge on any atom is -0.480 e. The summed E-state index contributed by atoms with van der Waals surface area (Å²) < 4.78 is 21.6. The molecule has 2 saturated heterocycles. The molecule has 2 fully saturated rings. The van der Waals surface area contributed by atoms with E-state index in [2.05, 4.69) is 5.32 Å². The van der Waals surface area contributed by atoms with Crippen LogP contribution < -0.4 is 11.1 Å². The maximum absolute atomic E-state index is 11.6. The molecular formula is C17H30N2O13. The van der Waals surface area contributed by atoms with Crippen molar-refractivity contribution in [2.24, 2.45) is 5.73 Å². The normalized spacial score (nSPS) is 41.1. The minimum absolute atomic E-state index is 0.542. The maximum atomic E-state index is 11.6. The minimum atomic E-state index is -1.79. The van der Waals surface area contributed by atoms with E-state index in [1.807, 2.05) is 0 Å². The monoisotopic (exact) mass is 470 g/mol. The molecule has 0 unspecified atom stereocenters. The Morgan fingerprint density at radius 3 is 2.09 bits per heavy atom. The fourth-order valence-corrected chi connectivity index (χ4v) is 3.37. The molecule has 0 aromatic heterocycles. The molecule has 32 heavy (non-hydrogen) atoms. The average molecular weight is 470 g/mol. The molecule has 2 aliphatic rings. The lowest BCUT2D eigenvalue weighted by Gasteiger charge is -2.47. The number of aliphatic carboxylic acids is 1. The molecule has 0 radical (unpaired) electrons. The predicted octanol–water partition coefficient (Wildman–Crippen LogP) is -5.82. The number of hydrogen-bond acceptors (Lipinski definition) is 13. The second kappa shape index (κ2) is 11.6. The lowest BCUT2D eigenvalue weighted by Crippen LogP contribution is -2.67. The molecule has 10 N–H and O–H groups in total. The SMILES string of the molecule is CC(=O)N[C@H]1[C@@H](OC[C@H](N)C(=O)O)O[C@H](CO)[C@H](O[C@@H]2O[C@H](CO)[C@H](O)[C@H](O)[C@H]2O)[C@@H]1O. The van der Waals surface area contributed by atoms with E-state index in [1.165, 1.54) is 0 Å². The predicted molar refractivity (Wildman–Crippen MR) is 99.6 cm³/mol. The largest absolute Gasteiger partial charge is 0.480 e. The second-order valence-corrected chi connectivity index (χ2v) is 7.52. The number of rotatable bonds is 9. The Hall–Kier alpha value is -1.50. The van der Waals surface area contributed by atoms with Crippen LogP contribution in [-0.4, -0.2) is 135 Å². The van der Waals surface area contributed by atoms with Crippen LogP contribution >= 0.6 is 0 Å². The fourth-order valence-electron chi connectivity index (χ4n) is 3.37. The average Bonchev–Trinajstić information content (AvgIpc) is 2.75. The number of nitrogens with one attached hydrogen (secondary N) is 1. The van der Waals surface area contributed by atoms with E-state index in [0.717, 1.165) is 6.92 Å². The molecule has 15 heteroatoms. The third-order valence-corrected chi connectivity index (χ3v) is 5.12. The van der Waals surface area contributed by atoms with E-state index in [-0.39, 0.29) is 0 Å². The quantitative estimate of drug-likeness (QED) is 0.152. The van der Waals surface area contributed by atoms with Gasteiger partial charge >= 0.3 is 5.97 Å². The van der Waals surface area contributed by atoms with Gasteiger partial charge in [-0.25, -0.2) is 0 Å². The van der Waals surface area contributed by atoms with Gasteiger partial charge in [-0.15, -0.1) is 0 Å². The lowest BCUT2D eigenvalue weighted by molar-refractivity contribution is -0.348. The van der Waals surface area contributed by atoms with Crippen LogP contribution in [0.2, 0.25) is 0 Å². The van der Waals surface area contributed by atoms with E-state index in [1.54, 1.807) is 0 Å². The molecule has 0 bridgehead atoms. The Morgan fingerprint density at radius 1 is 0.969 bits per heavy atom. The first-order valence-corrected chi connectivity index (χ1v) is 9.79. The van der Waals surface area contributed by atoms with Gasteiger partial charge in [-0.05, 0) is 0 Å². The van der Waals surface area contributed by atoms with Crippen molar-refractivity contribution in [2.45, 2.75) is 74.3 Å². The van der Waals surface area contributed by atoms with E-state index in [0.29, 0.717) is 0 Å². The fraction of sp³-hybridized carbons (Fsp3) is 0.882. The van der Waals surface area contributed by atoms with Gasteiger partial charge in [0.1, 0.15) is 54.8 Å². The Balaban J connectivity index is 2.20. The number of carboxylic acid groups (broad SMARTS) is 1. The van der Waals surface area contributed by atoms with Crippen molar-refractivity contribution in [3.8, 4) is 0 Å². The summed E-state index contributed by atoms with van der Waals surface area (Å²) in [5.74, 6) is -1.97. The van der Waals surface area contributed by atoms with Gasteiger partial charge < -0.3 is 65.7 Å². The van der Waals surface area contributed by atoms with Gasteiger partial charge in [-0.2, -0.15) is 0 Å². The highest BCUT2D eigenvalue weighted by atomic mass is 16.7. The highest BCUT2D eigenvalue weighted by Crippen LogP contribution is 2.29. The standard InChI is InChI=1S/C17H30N2O13/c1-5(22)19-9-11(24)14(8(3-21)31-16(9)29-4-6(18)15(27)28)32-17-13(26)12(25)10(23)7(2-20)30-17/h6-14,16-17,20-21,23-26H,2-4,18H2,1H3,(H,19,22)(H,27,28)/t6-,7+,8+,9+,10-,11+,12-,13+,14-,16-,17-/m0/s1. The third-order valence-electron chi connectivity index (χ3n) is 5.12. The zero-order chi connectivity index (χ0) is 24.2. The lowest BCUT2D eigenvalue weighted by atomic mass is 9.95. The number of nitrogens with two attached hydrogens (primary N) is 1. The topological polar surface area (TPSA) is 251 Å². The van der Waals surface area contributed by atoms with E-state index >= 15 is 0 Å². The molecule has 2 rings (SSSR count). The van der Waals surface area contributed by atoms with Crippen LogP contribution in [0.25, 0.3) is 0 Å². The highest BCUT2D eigenvalue weighted by Gasteiger charge is 2.51. The van der Waals surface area contributed by atoms with Crippen LogP contribution in [-0.2, 0) is 28.5 Å². The maximum Gasteiger partial charge on any atom is 0.322 e. The Morgan fingerprint density at radius 2 is 1.56 bits per heavy atom. The summed E-state index contributed by atoms with van der Waals surface area (Å²) >= 11 is 0. The summed E-state index contributed by atoms with van der Waals surface area (Å²) in [5.41, 5.74) is 5.39. The van der Waals surface area contributed by atoms with Gasteiger partial charge in [-0.3, -0.25) is 9.59 Å². The van der Waals surface area contributed by atoms with Crippen LogP contribution in [0, 0.1) is 0 Å². The summed E-state index contributed by atoms with van der Waals surface area (Å²) in [4.78, 5) is 22.5. The highest BCUT2D eigenvalue weighted by molar-refractivity contribution is 5.73. The third kappa shape index (κ3) is 6.09. The van der Waals surface area contributed by atoms with Crippen molar-refractivity contribution >= 4 is 11.9 Å². The van der Waals surface area contributed by atoms with Crippen molar-refractivity contribution in [3.05, 3.63) is 0 Å². The van der Waals surface area contributed by atoms with Gasteiger partial charge in [0.2, 0.25) is 5.91 Å². The van der Waals surface area contributed by atoms with Gasteiger partial charge in [-0.1, -0.05) is 0 Å². The molecule has 1 amide bonds. The molecule has 0 aliphatic carbocycles. The summed E-state index contributed by atoms with van der Waals surface area (Å²) in [6.45, 7) is -0.861. The second-order valence-electron chi connectivity index (χ2n) is 7.52. The van der Waals surface area contributed by atoms with Crippen LogP contribution in [0.3, 0.4) is 0 Å². The van der Waals surface area contributed by atoms with Gasteiger partial charge in [0.15, 0.2) is 12.6 Å². The summed E-state index contributed by atoms with van der Waals surface area (Å²) in [6.07, 6.45) is -13.9. The summed E-state index contributed by atoms with van der Waals surface area (Å²) in [5, 5.41) is 71.0. The van der Waals surface area contributed by atoms with Crippen LogP contribution in [0.1, 0.15) is 6.92 Å². The number of carbonyl (C=O) groups is 2. The number of carbonyl (C=O) groups excluding carboxylic acids is 1. The first-order chi connectivity index (χ1) is 15.0. The Kier molecular flexibility index (Phi) is 9.68. The molecule has 0 saturated carbocycles. The molecule has 0 spiro atoms. The summed E-state index contributed by atoms with van der Waals surface area (Å²) in [7, 11) is 0. The molecule has 15 nitrogen and oxygen atoms in total. The van der Waals surface area contributed by atoms with E-state index < -0.39 is 99.1 Å². The number of ether oxygens (including phenoxy) is 4. The first kappa shape index (κ1) is 26.7. The first-order valence-electron chi connectivity index (χ1n) is 9.79. The van der Waals surface area contributed by atoms with Gasteiger partial charge in [0, 0.05) is 6.92 Å². The van der Waals surface area contributed by atoms with Crippen LogP contribution in [0.15, 0.2) is 0 Å². The van der Waals surface area contributed by atoms with Crippen molar-refractivity contribution in [1.82, 2.24) is 5.32 Å². The molecule has 0 aromatic carbocycles. The van der Waals surface area contributed by atoms with Crippen molar-refractivity contribution in [2.75, 3.05) is 19.8 Å². The van der Waals surface area contributed by atoms with Crippen LogP contribution in [0.4, 0.5) is 0 Å². The zero-order valence-corrected chi connectivity index (χ0v) is 17.1. The number of aliphatic hydroxyl groups is 6. The van der Waals surface area contributed by atoms with Gasteiger partial charge in [0.25, 0.3) is 0 Å². The van der Waals surface area contributed by atoms with Crippen molar-refractivity contribution in [1.29, 1.82) is 0 Å². The molecule has 2 aliphatic heterocycles.